The van der Waals surface area contributed by atoms with Crippen LogP contribution in [0.1, 0.15) is 19.3 Å². The highest BCUT2D eigenvalue weighted by molar-refractivity contribution is 5.78. The number of carbonyl (C=O) groups excluding carboxylic acids is 1. The first-order valence-corrected chi connectivity index (χ1v) is 5.83. The van der Waals surface area contributed by atoms with Gasteiger partial charge in [-0.15, -0.1) is 0 Å². The van der Waals surface area contributed by atoms with Gasteiger partial charge in [-0.1, -0.05) is 0 Å². The van der Waals surface area contributed by atoms with Crippen LogP contribution in [-0.4, -0.2) is 50.2 Å². The lowest BCUT2D eigenvalue weighted by atomic mass is 10.00. The Kier molecular flexibility index (Phi) is 3.59. The molecule has 0 radical (unpaired) electrons. The Morgan fingerprint density at radius 1 is 1.53 bits per heavy atom. The highest BCUT2D eigenvalue weighted by Crippen LogP contribution is 2.16. The summed E-state index contributed by atoms with van der Waals surface area (Å²) >= 11 is 0. The molecule has 86 valence electrons. The van der Waals surface area contributed by atoms with Gasteiger partial charge in [0.2, 0.25) is 5.91 Å². The molecule has 15 heavy (non-hydrogen) atoms. The van der Waals surface area contributed by atoms with Crippen LogP contribution in [0.4, 0.5) is 0 Å². The summed E-state index contributed by atoms with van der Waals surface area (Å²) in [5, 5.41) is 3.31. The van der Waals surface area contributed by atoms with Gasteiger partial charge in [0.05, 0.1) is 12.5 Å². The molecular formula is C11H20N2O2. The molecule has 1 amide bonds. The smallest absolute Gasteiger partial charge is 0.227 e. The fourth-order valence-electron chi connectivity index (χ4n) is 2.17. The molecule has 0 spiro atoms. The fourth-order valence-corrected chi connectivity index (χ4v) is 2.17. The number of carbonyl (C=O) groups is 1. The summed E-state index contributed by atoms with van der Waals surface area (Å²) < 4.78 is 5.34. The zero-order valence-corrected chi connectivity index (χ0v) is 9.37. The molecule has 0 aliphatic carbocycles. The molecule has 4 heteroatoms. The molecule has 1 N–H and O–H groups in total. The van der Waals surface area contributed by atoms with E-state index in [9.17, 15) is 4.79 Å². The maximum atomic E-state index is 12.0. The molecule has 0 aromatic carbocycles. The van der Waals surface area contributed by atoms with Crippen LogP contribution in [0.15, 0.2) is 0 Å². The van der Waals surface area contributed by atoms with Crippen LogP contribution in [0.5, 0.6) is 0 Å². The van der Waals surface area contributed by atoms with Crippen molar-refractivity contribution in [1.29, 1.82) is 0 Å². The maximum absolute atomic E-state index is 12.0. The molecule has 0 bridgehead atoms. The number of rotatable bonds is 3. The Balaban J connectivity index is 1.77. The first-order valence-electron chi connectivity index (χ1n) is 5.83. The molecule has 4 nitrogen and oxygen atoms in total. The lowest BCUT2D eigenvalue weighted by Gasteiger charge is -2.33. The summed E-state index contributed by atoms with van der Waals surface area (Å²) in [4.78, 5) is 13.8. The predicted molar refractivity (Wildman–Crippen MR) is 57.6 cm³/mol. The third-order valence-electron chi connectivity index (χ3n) is 3.31. The quantitative estimate of drug-likeness (QED) is 0.728. The van der Waals surface area contributed by atoms with E-state index >= 15 is 0 Å². The van der Waals surface area contributed by atoms with Gasteiger partial charge in [0, 0.05) is 26.2 Å². The van der Waals surface area contributed by atoms with E-state index in [2.05, 4.69) is 5.32 Å². The number of hydrogen-bond donors (Lipinski definition) is 1. The van der Waals surface area contributed by atoms with Gasteiger partial charge in [-0.25, -0.2) is 0 Å². The van der Waals surface area contributed by atoms with Crippen LogP contribution in [0.3, 0.4) is 0 Å². The van der Waals surface area contributed by atoms with Crippen molar-refractivity contribution in [2.45, 2.75) is 25.3 Å². The first-order chi connectivity index (χ1) is 7.27. The van der Waals surface area contributed by atoms with E-state index in [1.807, 2.05) is 11.9 Å². The summed E-state index contributed by atoms with van der Waals surface area (Å²) in [6.45, 7) is 3.37. The van der Waals surface area contributed by atoms with Crippen LogP contribution < -0.4 is 5.32 Å². The third kappa shape index (κ3) is 2.69. The van der Waals surface area contributed by atoms with Crippen molar-refractivity contribution in [2.75, 3.05) is 33.4 Å². The number of nitrogens with one attached hydrogen (secondary N) is 1. The molecule has 2 aliphatic rings. The Labute approximate surface area is 91.0 Å². The molecular weight excluding hydrogens is 192 g/mol. The molecule has 2 atom stereocenters. The Morgan fingerprint density at radius 3 is 2.87 bits per heavy atom. The van der Waals surface area contributed by atoms with E-state index in [4.69, 9.17) is 4.74 Å². The number of ether oxygens (including phenoxy) is 1. The van der Waals surface area contributed by atoms with Crippen molar-refractivity contribution < 1.29 is 9.53 Å². The van der Waals surface area contributed by atoms with E-state index in [1.165, 1.54) is 6.42 Å². The standard InChI is InChI=1S/C11H20N2O2/c1-13(7-10-4-5-12-10)11(14)9-3-2-6-15-8-9/h9-10,12H,2-8H2,1H3. The van der Waals surface area contributed by atoms with Crippen molar-refractivity contribution >= 4 is 5.91 Å². The van der Waals surface area contributed by atoms with Crippen LogP contribution in [-0.2, 0) is 9.53 Å². The van der Waals surface area contributed by atoms with Gasteiger partial charge in [-0.3, -0.25) is 4.79 Å². The molecule has 2 rings (SSSR count). The fraction of sp³-hybridized carbons (Fsp3) is 0.909. The Morgan fingerprint density at radius 2 is 2.33 bits per heavy atom. The average Bonchev–Trinajstić information content (AvgIpc) is 2.23. The number of nitrogens with zero attached hydrogens (tertiary/aromatic N) is 1. The second-order valence-electron chi connectivity index (χ2n) is 4.57. The van der Waals surface area contributed by atoms with E-state index < -0.39 is 0 Å². The van der Waals surface area contributed by atoms with Gasteiger partial charge < -0.3 is 15.0 Å². The van der Waals surface area contributed by atoms with Crippen molar-refractivity contribution in [2.24, 2.45) is 5.92 Å². The van der Waals surface area contributed by atoms with Gasteiger partial charge in [-0.2, -0.15) is 0 Å². The Bertz CT molecular complexity index is 223. The summed E-state index contributed by atoms with van der Waals surface area (Å²) in [6, 6.07) is 0.517. The van der Waals surface area contributed by atoms with Crippen LogP contribution >= 0.6 is 0 Å². The molecule has 2 saturated heterocycles. The molecule has 0 aromatic rings. The number of hydrogen-bond acceptors (Lipinski definition) is 3. The second kappa shape index (κ2) is 4.94. The van der Waals surface area contributed by atoms with Crippen molar-refractivity contribution in [1.82, 2.24) is 10.2 Å². The first kappa shape index (κ1) is 10.9. The minimum absolute atomic E-state index is 0.101. The molecule has 0 saturated carbocycles. The summed E-state index contributed by atoms with van der Waals surface area (Å²) in [6.07, 6.45) is 3.20. The topological polar surface area (TPSA) is 41.6 Å². The van der Waals surface area contributed by atoms with Gasteiger partial charge in [0.25, 0.3) is 0 Å². The number of likely N-dealkylation sites (N-methyl/N-ethyl adjacent to an activating group) is 1. The van der Waals surface area contributed by atoms with Gasteiger partial charge in [0.15, 0.2) is 0 Å². The monoisotopic (exact) mass is 212 g/mol. The van der Waals surface area contributed by atoms with Crippen molar-refractivity contribution in [3.8, 4) is 0 Å². The largest absolute Gasteiger partial charge is 0.381 e. The molecule has 0 aromatic heterocycles. The van der Waals surface area contributed by atoms with Gasteiger partial charge in [0.1, 0.15) is 0 Å². The van der Waals surface area contributed by atoms with Crippen molar-refractivity contribution in [3.05, 3.63) is 0 Å². The predicted octanol–water partition coefficient (Wildman–Crippen LogP) is 0.233. The van der Waals surface area contributed by atoms with Crippen LogP contribution in [0, 0.1) is 5.92 Å². The van der Waals surface area contributed by atoms with Crippen molar-refractivity contribution in [3.63, 3.8) is 0 Å². The highest BCUT2D eigenvalue weighted by Gasteiger charge is 2.27. The zero-order chi connectivity index (χ0) is 10.7. The second-order valence-corrected chi connectivity index (χ2v) is 4.57. The van der Waals surface area contributed by atoms with E-state index in [0.29, 0.717) is 12.6 Å². The molecule has 2 fully saturated rings. The van der Waals surface area contributed by atoms with E-state index in [-0.39, 0.29) is 11.8 Å². The van der Waals surface area contributed by atoms with E-state index in [1.54, 1.807) is 0 Å². The summed E-state index contributed by atoms with van der Waals surface area (Å²) in [5.74, 6) is 0.354. The lowest BCUT2D eigenvalue weighted by Crippen LogP contribution is -2.51. The lowest BCUT2D eigenvalue weighted by molar-refractivity contribution is -0.138. The summed E-state index contributed by atoms with van der Waals surface area (Å²) in [7, 11) is 1.90. The Hall–Kier alpha value is -0.610. The maximum Gasteiger partial charge on any atom is 0.227 e. The minimum Gasteiger partial charge on any atom is -0.381 e. The minimum atomic E-state index is 0.101. The normalized spacial score (nSPS) is 30.7. The van der Waals surface area contributed by atoms with Crippen LogP contribution in [0.2, 0.25) is 0 Å². The third-order valence-corrected chi connectivity index (χ3v) is 3.31. The van der Waals surface area contributed by atoms with Gasteiger partial charge >= 0.3 is 0 Å². The number of amides is 1. The van der Waals surface area contributed by atoms with E-state index in [0.717, 1.165) is 32.5 Å². The SMILES string of the molecule is CN(CC1CCN1)C(=O)C1CCCOC1. The highest BCUT2D eigenvalue weighted by atomic mass is 16.5. The zero-order valence-electron chi connectivity index (χ0n) is 9.37. The summed E-state index contributed by atoms with van der Waals surface area (Å²) in [5.41, 5.74) is 0. The van der Waals surface area contributed by atoms with Gasteiger partial charge in [-0.05, 0) is 25.8 Å². The molecule has 2 aliphatic heterocycles. The molecule has 2 unspecified atom stereocenters. The average molecular weight is 212 g/mol. The molecule has 2 heterocycles. The van der Waals surface area contributed by atoms with Crippen LogP contribution in [0.25, 0.3) is 0 Å².